The fourth-order valence-electron chi connectivity index (χ4n) is 4.13. The van der Waals surface area contributed by atoms with Crippen LogP contribution in [0.1, 0.15) is 48.4 Å². The Morgan fingerprint density at radius 2 is 1.70 bits per heavy atom. The van der Waals surface area contributed by atoms with Crippen molar-refractivity contribution in [3.63, 3.8) is 0 Å². The minimum Gasteiger partial charge on any atom is -0.483 e. The summed E-state index contributed by atoms with van der Waals surface area (Å²) < 4.78 is 18.8. The summed E-state index contributed by atoms with van der Waals surface area (Å²) in [6, 6.07) is 25.2. The van der Waals surface area contributed by atoms with Gasteiger partial charge in [-0.1, -0.05) is 48.5 Å². The number of hydrogen-bond acceptors (Lipinski definition) is 5. The Kier molecular flexibility index (Phi) is 6.99. The van der Waals surface area contributed by atoms with E-state index < -0.39 is 17.8 Å². The topological polar surface area (TPSA) is 56.8 Å². The second kappa shape index (κ2) is 10.1. The molecule has 1 aliphatic heterocycles. The van der Waals surface area contributed by atoms with Crippen molar-refractivity contribution in [3.05, 3.63) is 95.6 Å². The van der Waals surface area contributed by atoms with Gasteiger partial charge < -0.3 is 19.5 Å². The van der Waals surface area contributed by atoms with Crippen molar-refractivity contribution in [2.75, 3.05) is 18.5 Å². The Morgan fingerprint density at radius 1 is 1.00 bits per heavy atom. The number of carbonyl (C=O) groups excluding carboxylic acids is 1. The van der Waals surface area contributed by atoms with Gasteiger partial charge in [-0.05, 0) is 63.1 Å². The second-order valence-corrected chi connectivity index (χ2v) is 8.71. The van der Waals surface area contributed by atoms with Crippen LogP contribution in [0.2, 0.25) is 0 Å². The largest absolute Gasteiger partial charge is 0.483 e. The van der Waals surface area contributed by atoms with Gasteiger partial charge in [-0.3, -0.25) is 0 Å². The van der Waals surface area contributed by atoms with Crippen molar-refractivity contribution >= 4 is 11.7 Å². The van der Waals surface area contributed by atoms with Gasteiger partial charge >= 0.3 is 5.97 Å². The number of rotatable bonds is 8. The molecule has 1 aliphatic rings. The number of anilines is 1. The molecule has 1 heterocycles. The molecule has 5 heteroatoms. The molecule has 2 unspecified atom stereocenters. The molecule has 172 valence electrons. The van der Waals surface area contributed by atoms with Gasteiger partial charge in [0.05, 0.1) is 12.2 Å². The maximum Gasteiger partial charge on any atom is 0.338 e. The summed E-state index contributed by atoms with van der Waals surface area (Å²) in [5.74, 6) is 0.360. The highest BCUT2D eigenvalue weighted by atomic mass is 16.6. The van der Waals surface area contributed by atoms with Gasteiger partial charge in [0.1, 0.15) is 17.5 Å². The molecule has 4 rings (SSSR count). The first kappa shape index (κ1) is 22.9. The zero-order valence-corrected chi connectivity index (χ0v) is 19.4. The highest BCUT2D eigenvalue weighted by Crippen LogP contribution is 2.44. The van der Waals surface area contributed by atoms with Gasteiger partial charge in [-0.25, -0.2) is 4.79 Å². The highest BCUT2D eigenvalue weighted by Gasteiger charge is 2.47. The van der Waals surface area contributed by atoms with Crippen LogP contribution in [0, 0.1) is 0 Å². The molecule has 33 heavy (non-hydrogen) atoms. The van der Waals surface area contributed by atoms with E-state index >= 15 is 0 Å². The van der Waals surface area contributed by atoms with Crippen molar-refractivity contribution in [1.82, 2.24) is 0 Å². The van der Waals surface area contributed by atoms with E-state index in [0.717, 1.165) is 30.0 Å². The standard InChI is InChI=1S/C28H31NO4/c1-4-29-22-15-16-24-23(19-22)25(31-18-17-20-11-7-5-8-12-20)26(28(2,3)33-24)32-27(30)21-13-9-6-10-14-21/h5-16,19,25-26,29H,4,17-18H2,1-3H3. The van der Waals surface area contributed by atoms with Crippen molar-refractivity contribution in [3.8, 4) is 5.75 Å². The van der Waals surface area contributed by atoms with Crippen molar-refractivity contribution in [1.29, 1.82) is 0 Å². The van der Waals surface area contributed by atoms with E-state index in [1.54, 1.807) is 12.1 Å². The Labute approximate surface area is 195 Å². The van der Waals surface area contributed by atoms with Crippen LogP contribution in [-0.2, 0) is 15.9 Å². The van der Waals surface area contributed by atoms with E-state index in [-0.39, 0.29) is 5.97 Å². The van der Waals surface area contributed by atoms with Crippen LogP contribution in [0.15, 0.2) is 78.9 Å². The number of esters is 1. The molecule has 0 saturated heterocycles. The quantitative estimate of drug-likeness (QED) is 0.443. The van der Waals surface area contributed by atoms with Gasteiger partial charge in [-0.2, -0.15) is 0 Å². The van der Waals surface area contributed by atoms with Gasteiger partial charge in [-0.15, -0.1) is 0 Å². The molecule has 0 bridgehead atoms. The van der Waals surface area contributed by atoms with Crippen LogP contribution in [0.4, 0.5) is 5.69 Å². The van der Waals surface area contributed by atoms with E-state index in [0.29, 0.717) is 12.2 Å². The monoisotopic (exact) mass is 445 g/mol. The number of fused-ring (bicyclic) bond motifs is 1. The Bertz CT molecular complexity index is 1070. The fourth-order valence-corrected chi connectivity index (χ4v) is 4.13. The van der Waals surface area contributed by atoms with E-state index in [4.69, 9.17) is 14.2 Å². The molecule has 0 radical (unpaired) electrons. The summed E-state index contributed by atoms with van der Waals surface area (Å²) in [7, 11) is 0. The first-order valence-electron chi connectivity index (χ1n) is 11.5. The summed E-state index contributed by atoms with van der Waals surface area (Å²) >= 11 is 0. The lowest BCUT2D eigenvalue weighted by Gasteiger charge is -2.43. The predicted octanol–water partition coefficient (Wildman–Crippen LogP) is 5.82. The van der Waals surface area contributed by atoms with E-state index in [1.807, 2.05) is 68.4 Å². The molecule has 0 aromatic heterocycles. The van der Waals surface area contributed by atoms with Crippen LogP contribution in [-0.4, -0.2) is 30.8 Å². The second-order valence-electron chi connectivity index (χ2n) is 8.71. The first-order chi connectivity index (χ1) is 16.0. The van der Waals surface area contributed by atoms with Crippen LogP contribution in [0.25, 0.3) is 0 Å². The van der Waals surface area contributed by atoms with Crippen molar-refractivity contribution in [2.45, 2.75) is 45.0 Å². The lowest BCUT2D eigenvalue weighted by atomic mass is 9.87. The molecule has 3 aromatic carbocycles. The van der Waals surface area contributed by atoms with Gasteiger partial charge in [0.2, 0.25) is 0 Å². The lowest BCUT2D eigenvalue weighted by molar-refractivity contribution is -0.139. The first-order valence-corrected chi connectivity index (χ1v) is 11.5. The SMILES string of the molecule is CCNc1ccc2c(c1)C(OCCc1ccccc1)C(OC(=O)c1ccccc1)C(C)(C)O2. The van der Waals surface area contributed by atoms with Crippen molar-refractivity contribution < 1.29 is 19.0 Å². The van der Waals surface area contributed by atoms with Crippen LogP contribution < -0.4 is 10.1 Å². The van der Waals surface area contributed by atoms with Gasteiger partial charge in [0.15, 0.2) is 6.10 Å². The molecule has 5 nitrogen and oxygen atoms in total. The average molecular weight is 446 g/mol. The molecule has 0 fully saturated rings. The maximum absolute atomic E-state index is 13.0. The molecule has 3 aromatic rings. The highest BCUT2D eigenvalue weighted by molar-refractivity contribution is 5.89. The molecule has 2 atom stereocenters. The lowest BCUT2D eigenvalue weighted by Crippen LogP contribution is -2.51. The zero-order valence-electron chi connectivity index (χ0n) is 19.4. The summed E-state index contributed by atoms with van der Waals surface area (Å²) in [6.07, 6.45) is -0.315. The number of ether oxygens (including phenoxy) is 3. The number of carbonyl (C=O) groups is 1. The van der Waals surface area contributed by atoms with Gasteiger partial charge in [0, 0.05) is 17.8 Å². The third-order valence-corrected chi connectivity index (χ3v) is 5.80. The molecular weight excluding hydrogens is 414 g/mol. The minimum atomic E-state index is -0.769. The van der Waals surface area contributed by atoms with Crippen molar-refractivity contribution in [2.24, 2.45) is 0 Å². The molecule has 0 spiro atoms. The van der Waals surface area contributed by atoms with E-state index in [9.17, 15) is 4.79 Å². The molecular formula is C28H31NO4. The maximum atomic E-state index is 13.0. The fraction of sp³-hybridized carbons (Fsp3) is 0.321. The van der Waals surface area contributed by atoms with Crippen LogP contribution in [0.5, 0.6) is 5.75 Å². The molecule has 0 amide bonds. The number of hydrogen-bond donors (Lipinski definition) is 1. The summed E-state index contributed by atoms with van der Waals surface area (Å²) in [5.41, 5.74) is 2.79. The predicted molar refractivity (Wildman–Crippen MR) is 130 cm³/mol. The van der Waals surface area contributed by atoms with Gasteiger partial charge in [0.25, 0.3) is 0 Å². The molecule has 0 aliphatic carbocycles. The average Bonchev–Trinajstić information content (AvgIpc) is 2.82. The smallest absolute Gasteiger partial charge is 0.338 e. The Morgan fingerprint density at radius 3 is 2.39 bits per heavy atom. The Balaban J connectivity index is 1.63. The van der Waals surface area contributed by atoms with E-state index in [2.05, 4.69) is 24.4 Å². The normalized spacial score (nSPS) is 18.6. The summed E-state index contributed by atoms with van der Waals surface area (Å²) in [6.45, 7) is 7.22. The molecule has 1 N–H and O–H groups in total. The number of benzene rings is 3. The van der Waals surface area contributed by atoms with Crippen LogP contribution >= 0.6 is 0 Å². The number of nitrogens with one attached hydrogen (secondary N) is 1. The third-order valence-electron chi connectivity index (χ3n) is 5.80. The van der Waals surface area contributed by atoms with E-state index in [1.165, 1.54) is 5.56 Å². The summed E-state index contributed by atoms with van der Waals surface area (Å²) in [4.78, 5) is 13.0. The Hall–Kier alpha value is -3.31. The summed E-state index contributed by atoms with van der Waals surface area (Å²) in [5, 5.41) is 3.34. The zero-order chi connectivity index (χ0) is 23.3. The van der Waals surface area contributed by atoms with Crippen LogP contribution in [0.3, 0.4) is 0 Å². The third kappa shape index (κ3) is 5.37. The minimum absolute atomic E-state index is 0.389. The molecule has 0 saturated carbocycles.